The molecule has 1 aromatic rings. The summed E-state index contributed by atoms with van der Waals surface area (Å²) in [7, 11) is 0. The van der Waals surface area contributed by atoms with Gasteiger partial charge in [-0.05, 0) is 0 Å². The Morgan fingerprint density at radius 3 is 2.92 bits per heavy atom. The highest BCUT2D eigenvalue weighted by atomic mass is 19.1. The molecule has 1 heterocycles. The van der Waals surface area contributed by atoms with Gasteiger partial charge in [-0.25, -0.2) is 4.39 Å². The Bertz CT molecular complexity index is 314. The van der Waals surface area contributed by atoms with Crippen LogP contribution in [0.4, 0.5) is 4.39 Å². The van der Waals surface area contributed by atoms with Crippen LogP contribution in [-0.2, 0) is 11.2 Å². The molecule has 4 nitrogen and oxygen atoms in total. The average Bonchev–Trinajstić information content (AvgIpc) is 1.94. The number of halogens is 1. The number of carbonyl (C=O) groups excluding carboxylic acids is 1. The van der Waals surface area contributed by atoms with Gasteiger partial charge in [0.2, 0.25) is 5.91 Å². The molecule has 0 bridgehead atoms. The van der Waals surface area contributed by atoms with Crippen molar-refractivity contribution in [1.29, 1.82) is 0 Å². The minimum Gasteiger partial charge on any atom is -0.506 e. The number of carbonyl (C=O) groups is 1. The number of hydrogen-bond donors (Lipinski definition) is 2. The van der Waals surface area contributed by atoms with Gasteiger partial charge in [-0.3, -0.25) is 9.78 Å². The smallest absolute Gasteiger partial charge is 0.223 e. The third kappa shape index (κ3) is 1.91. The fourth-order valence-electron chi connectivity index (χ4n) is 0.758. The van der Waals surface area contributed by atoms with Crippen LogP contribution in [0.15, 0.2) is 12.3 Å². The minimum absolute atomic E-state index is 0.0869. The van der Waals surface area contributed by atoms with Crippen LogP contribution < -0.4 is 5.73 Å². The topological polar surface area (TPSA) is 76.2 Å². The van der Waals surface area contributed by atoms with Crippen molar-refractivity contribution in [3.05, 3.63) is 23.8 Å². The largest absolute Gasteiger partial charge is 0.506 e. The van der Waals surface area contributed by atoms with Crippen LogP contribution in [0.3, 0.4) is 0 Å². The maximum Gasteiger partial charge on any atom is 0.223 e. The summed E-state index contributed by atoms with van der Waals surface area (Å²) < 4.78 is 12.3. The number of pyridine rings is 1. The fraction of sp³-hybridized carbons (Fsp3) is 0.143. The molecule has 12 heavy (non-hydrogen) atoms. The summed E-state index contributed by atoms with van der Waals surface area (Å²) in [6.07, 6.45) is 0.726. The SMILES string of the molecule is NC(=O)Cc1ncc(F)cc1O. The van der Waals surface area contributed by atoms with Gasteiger partial charge in [0.15, 0.2) is 0 Å². The molecule has 0 aliphatic carbocycles. The van der Waals surface area contributed by atoms with E-state index < -0.39 is 11.7 Å². The molecule has 0 aromatic carbocycles. The number of rotatable bonds is 2. The second-order valence-electron chi connectivity index (χ2n) is 2.26. The van der Waals surface area contributed by atoms with Crippen LogP contribution in [-0.4, -0.2) is 16.0 Å². The highest BCUT2D eigenvalue weighted by Gasteiger charge is 2.06. The van der Waals surface area contributed by atoms with Crippen LogP contribution in [0, 0.1) is 5.82 Å². The first kappa shape index (κ1) is 8.45. The van der Waals surface area contributed by atoms with Gasteiger partial charge in [0, 0.05) is 6.07 Å². The van der Waals surface area contributed by atoms with Gasteiger partial charge in [-0.2, -0.15) is 0 Å². The van der Waals surface area contributed by atoms with Crippen molar-refractivity contribution in [3.8, 4) is 5.75 Å². The van der Waals surface area contributed by atoms with Gasteiger partial charge in [0.25, 0.3) is 0 Å². The lowest BCUT2D eigenvalue weighted by molar-refractivity contribution is -0.117. The van der Waals surface area contributed by atoms with Crippen LogP contribution in [0.1, 0.15) is 5.69 Å². The number of primary amides is 1. The van der Waals surface area contributed by atoms with E-state index >= 15 is 0 Å². The highest BCUT2D eigenvalue weighted by molar-refractivity contribution is 5.76. The molecule has 0 fully saturated rings. The maximum absolute atomic E-state index is 12.3. The molecular weight excluding hydrogens is 163 g/mol. The number of nitrogens with zero attached hydrogens (tertiary/aromatic N) is 1. The molecule has 1 rings (SSSR count). The number of amides is 1. The summed E-state index contributed by atoms with van der Waals surface area (Å²) in [4.78, 5) is 13.9. The molecule has 0 saturated heterocycles. The van der Waals surface area contributed by atoms with Gasteiger partial charge < -0.3 is 10.8 Å². The predicted octanol–water partition coefficient (Wildman–Crippen LogP) is -0.0459. The molecule has 5 heteroatoms. The van der Waals surface area contributed by atoms with Crippen LogP contribution >= 0.6 is 0 Å². The Morgan fingerprint density at radius 1 is 1.75 bits per heavy atom. The predicted molar refractivity (Wildman–Crippen MR) is 38.8 cm³/mol. The van der Waals surface area contributed by atoms with Crippen LogP contribution in [0.2, 0.25) is 0 Å². The Hall–Kier alpha value is -1.65. The van der Waals surface area contributed by atoms with Crippen molar-refractivity contribution >= 4 is 5.91 Å². The van der Waals surface area contributed by atoms with Crippen LogP contribution in [0.5, 0.6) is 5.75 Å². The van der Waals surface area contributed by atoms with E-state index in [1.807, 2.05) is 0 Å². The standard InChI is InChI=1S/C7H7FN2O2/c8-4-1-6(11)5(10-3-4)2-7(9)12/h1,3,11H,2H2,(H2,9,12). The monoisotopic (exact) mass is 170 g/mol. The Labute approximate surface area is 67.8 Å². The lowest BCUT2D eigenvalue weighted by Crippen LogP contribution is -2.14. The first-order chi connectivity index (χ1) is 5.59. The normalized spacial score (nSPS) is 9.75. The summed E-state index contributed by atoms with van der Waals surface area (Å²) in [5.74, 6) is -1.63. The van der Waals surface area contributed by atoms with Crippen molar-refractivity contribution in [2.45, 2.75) is 6.42 Å². The Kier molecular flexibility index (Phi) is 2.23. The first-order valence-corrected chi connectivity index (χ1v) is 3.21. The molecule has 0 aliphatic rings. The maximum atomic E-state index is 12.3. The van der Waals surface area contributed by atoms with Crippen molar-refractivity contribution in [2.75, 3.05) is 0 Å². The van der Waals surface area contributed by atoms with E-state index in [2.05, 4.69) is 4.98 Å². The summed E-state index contributed by atoms with van der Waals surface area (Å²) in [6.45, 7) is 0. The van der Waals surface area contributed by atoms with E-state index in [9.17, 15) is 9.18 Å². The third-order valence-corrected chi connectivity index (χ3v) is 1.26. The number of nitrogens with two attached hydrogens (primary N) is 1. The fourth-order valence-corrected chi connectivity index (χ4v) is 0.758. The van der Waals surface area contributed by atoms with Crippen LogP contribution in [0.25, 0.3) is 0 Å². The van der Waals surface area contributed by atoms with Gasteiger partial charge in [0.1, 0.15) is 11.6 Å². The van der Waals surface area contributed by atoms with E-state index in [0.29, 0.717) is 0 Å². The van der Waals surface area contributed by atoms with E-state index in [4.69, 9.17) is 10.8 Å². The molecule has 3 N–H and O–H groups in total. The van der Waals surface area contributed by atoms with Gasteiger partial charge >= 0.3 is 0 Å². The van der Waals surface area contributed by atoms with E-state index in [1.54, 1.807) is 0 Å². The van der Waals surface area contributed by atoms with Gasteiger partial charge in [0.05, 0.1) is 18.3 Å². The number of hydrogen-bond acceptors (Lipinski definition) is 3. The first-order valence-electron chi connectivity index (χ1n) is 3.21. The van der Waals surface area contributed by atoms with E-state index in [-0.39, 0.29) is 17.9 Å². The molecule has 1 amide bonds. The zero-order valence-corrected chi connectivity index (χ0v) is 6.12. The molecule has 0 radical (unpaired) electrons. The molecular formula is C7H7FN2O2. The second kappa shape index (κ2) is 3.17. The van der Waals surface area contributed by atoms with Gasteiger partial charge in [-0.15, -0.1) is 0 Å². The summed E-state index contributed by atoms with van der Waals surface area (Å²) in [6, 6.07) is 0.880. The lowest BCUT2D eigenvalue weighted by atomic mass is 10.2. The summed E-state index contributed by atoms with van der Waals surface area (Å²) in [5, 5.41) is 9.03. The summed E-state index contributed by atoms with van der Waals surface area (Å²) in [5.41, 5.74) is 4.93. The molecule has 0 spiro atoms. The molecule has 1 aromatic heterocycles. The Balaban J connectivity index is 2.93. The molecule has 64 valence electrons. The lowest BCUT2D eigenvalue weighted by Gasteiger charge is -1.99. The zero-order chi connectivity index (χ0) is 9.14. The van der Waals surface area contributed by atoms with Crippen molar-refractivity contribution < 1.29 is 14.3 Å². The molecule has 0 aliphatic heterocycles. The van der Waals surface area contributed by atoms with Crippen molar-refractivity contribution in [2.24, 2.45) is 5.73 Å². The summed E-state index contributed by atoms with van der Waals surface area (Å²) >= 11 is 0. The third-order valence-electron chi connectivity index (χ3n) is 1.26. The highest BCUT2D eigenvalue weighted by Crippen LogP contribution is 2.14. The van der Waals surface area contributed by atoms with E-state index in [1.165, 1.54) is 0 Å². The van der Waals surface area contributed by atoms with E-state index in [0.717, 1.165) is 12.3 Å². The zero-order valence-electron chi connectivity index (χ0n) is 6.12. The minimum atomic E-state index is -0.652. The average molecular weight is 170 g/mol. The quantitative estimate of drug-likeness (QED) is 0.653. The number of aromatic nitrogens is 1. The van der Waals surface area contributed by atoms with Crippen molar-refractivity contribution in [3.63, 3.8) is 0 Å². The Morgan fingerprint density at radius 2 is 2.42 bits per heavy atom. The van der Waals surface area contributed by atoms with Gasteiger partial charge in [-0.1, -0.05) is 0 Å². The number of aromatic hydroxyl groups is 1. The van der Waals surface area contributed by atoms with Crippen molar-refractivity contribution in [1.82, 2.24) is 4.98 Å². The second-order valence-corrected chi connectivity index (χ2v) is 2.26. The molecule has 0 unspecified atom stereocenters. The molecule has 0 saturated carbocycles. The molecule has 0 atom stereocenters.